The Morgan fingerprint density at radius 2 is 1.78 bits per heavy atom. The summed E-state index contributed by atoms with van der Waals surface area (Å²) >= 11 is 4.06. The van der Waals surface area contributed by atoms with E-state index in [1.54, 1.807) is 0 Å². The highest BCUT2D eigenvalue weighted by Gasteiger charge is 2.27. The van der Waals surface area contributed by atoms with Crippen LogP contribution in [0.15, 0.2) is 5.16 Å². The average Bonchev–Trinajstić information content (AvgIpc) is 2.23. The SMILES string of the molecule is CN(SN(C)C(=O)O/N=C(\[S-])C(F)(F)F)C(=O)F. The fourth-order valence-corrected chi connectivity index (χ4v) is 1.01. The predicted octanol–water partition coefficient (Wildman–Crippen LogP) is 2.06. The lowest BCUT2D eigenvalue weighted by Gasteiger charge is -2.18. The fraction of sp³-hybridized carbons (Fsp3) is 0.500. The van der Waals surface area contributed by atoms with Crippen LogP contribution in [-0.4, -0.2) is 46.2 Å². The monoisotopic (exact) mass is 308 g/mol. The van der Waals surface area contributed by atoms with Crippen LogP contribution >= 0.6 is 12.1 Å². The van der Waals surface area contributed by atoms with Crippen molar-refractivity contribution in [3.8, 4) is 0 Å². The molecule has 0 unspecified atom stereocenters. The normalized spacial score (nSPS) is 12.0. The van der Waals surface area contributed by atoms with Crippen molar-refractivity contribution in [2.45, 2.75) is 6.18 Å². The van der Waals surface area contributed by atoms with E-state index in [-0.39, 0.29) is 12.1 Å². The summed E-state index contributed by atoms with van der Waals surface area (Å²) in [5.41, 5.74) is 0. The molecule has 104 valence electrons. The van der Waals surface area contributed by atoms with Gasteiger partial charge in [0, 0.05) is 19.1 Å². The summed E-state index contributed by atoms with van der Waals surface area (Å²) in [4.78, 5) is 25.0. The topological polar surface area (TPSA) is 62.2 Å². The Morgan fingerprint density at radius 3 is 2.17 bits per heavy atom. The first-order valence-corrected chi connectivity index (χ1v) is 5.07. The Balaban J connectivity index is 4.38. The number of halogens is 4. The Bertz CT molecular complexity index is 362. The molecule has 18 heavy (non-hydrogen) atoms. The first kappa shape index (κ1) is 16.7. The smallest absolute Gasteiger partial charge is 0.447 e. The molecule has 0 N–H and O–H groups in total. The highest BCUT2D eigenvalue weighted by molar-refractivity contribution is 7.95. The van der Waals surface area contributed by atoms with Crippen LogP contribution in [-0.2, 0) is 17.5 Å². The lowest BCUT2D eigenvalue weighted by atomic mass is 10.7. The van der Waals surface area contributed by atoms with Gasteiger partial charge >= 0.3 is 18.4 Å². The molecule has 2 amide bonds. The van der Waals surface area contributed by atoms with Crippen LogP contribution in [0.1, 0.15) is 0 Å². The van der Waals surface area contributed by atoms with Crippen molar-refractivity contribution in [1.29, 1.82) is 0 Å². The molecule has 0 saturated heterocycles. The number of amides is 2. The van der Waals surface area contributed by atoms with Crippen molar-refractivity contribution in [3.63, 3.8) is 0 Å². The van der Waals surface area contributed by atoms with E-state index in [0.717, 1.165) is 14.1 Å². The highest BCUT2D eigenvalue weighted by Crippen LogP contribution is 2.18. The third-order valence-corrected chi connectivity index (χ3v) is 2.29. The molecule has 0 bridgehead atoms. The van der Waals surface area contributed by atoms with Gasteiger partial charge < -0.3 is 12.6 Å². The van der Waals surface area contributed by atoms with Crippen molar-refractivity contribution in [2.24, 2.45) is 5.16 Å². The van der Waals surface area contributed by atoms with E-state index in [4.69, 9.17) is 0 Å². The van der Waals surface area contributed by atoms with E-state index < -0.39 is 23.5 Å². The van der Waals surface area contributed by atoms with Gasteiger partial charge in [0.25, 0.3) is 0 Å². The van der Waals surface area contributed by atoms with Gasteiger partial charge in [0.05, 0.1) is 12.1 Å². The van der Waals surface area contributed by atoms with E-state index in [0.29, 0.717) is 8.61 Å². The molecule has 0 aromatic carbocycles. The average molecular weight is 308 g/mol. The molecule has 0 aliphatic rings. The summed E-state index contributed by atoms with van der Waals surface area (Å²) in [6.07, 6.45) is -8.12. The van der Waals surface area contributed by atoms with Gasteiger partial charge in [-0.1, -0.05) is 5.16 Å². The number of hydrogen-bond donors (Lipinski definition) is 0. The second-order valence-electron chi connectivity index (χ2n) is 2.58. The summed E-state index contributed by atoms with van der Waals surface area (Å²) in [6, 6.07) is 0. The largest absolute Gasteiger partial charge is 0.753 e. The molecule has 0 radical (unpaired) electrons. The van der Waals surface area contributed by atoms with E-state index >= 15 is 0 Å². The van der Waals surface area contributed by atoms with Crippen molar-refractivity contribution >= 4 is 42.1 Å². The minimum Gasteiger partial charge on any atom is -0.753 e. The molecule has 0 saturated carbocycles. The summed E-state index contributed by atoms with van der Waals surface area (Å²) in [7, 11) is 2.02. The van der Waals surface area contributed by atoms with Crippen LogP contribution in [0.3, 0.4) is 0 Å². The maximum absolute atomic E-state index is 12.1. The Kier molecular flexibility index (Phi) is 6.11. The number of oxime groups is 1. The van der Waals surface area contributed by atoms with Crippen molar-refractivity contribution in [3.05, 3.63) is 0 Å². The van der Waals surface area contributed by atoms with Crippen LogP contribution in [0.4, 0.5) is 27.2 Å². The second-order valence-corrected chi connectivity index (χ2v) is 4.23. The lowest BCUT2D eigenvalue weighted by molar-refractivity contribution is -0.0575. The molecule has 0 aromatic heterocycles. The van der Waals surface area contributed by atoms with Gasteiger partial charge in [-0.15, -0.1) is 4.39 Å². The van der Waals surface area contributed by atoms with E-state index in [2.05, 4.69) is 22.6 Å². The Hall–Kier alpha value is -1.30. The van der Waals surface area contributed by atoms with Crippen LogP contribution in [0.25, 0.3) is 0 Å². The van der Waals surface area contributed by atoms with Gasteiger partial charge in [-0.25, -0.2) is 18.2 Å². The fourth-order valence-electron chi connectivity index (χ4n) is 0.439. The van der Waals surface area contributed by atoms with Crippen molar-refractivity contribution in [1.82, 2.24) is 8.61 Å². The van der Waals surface area contributed by atoms with Crippen LogP contribution in [0.5, 0.6) is 0 Å². The molecule has 0 fully saturated rings. The zero-order chi connectivity index (χ0) is 14.5. The van der Waals surface area contributed by atoms with Gasteiger partial charge in [-0.3, -0.25) is 4.84 Å². The number of rotatable bonds is 3. The predicted molar refractivity (Wildman–Crippen MR) is 57.0 cm³/mol. The third-order valence-electron chi connectivity index (χ3n) is 1.20. The zero-order valence-electron chi connectivity index (χ0n) is 8.89. The molecular weight excluding hydrogens is 302 g/mol. The summed E-state index contributed by atoms with van der Waals surface area (Å²) < 4.78 is 48.6. The van der Waals surface area contributed by atoms with E-state index in [9.17, 15) is 27.2 Å². The number of carbonyl (C=O) groups excluding carboxylic acids is 2. The number of alkyl halides is 3. The number of hydrogen-bond acceptors (Lipinski definition) is 6. The molecule has 0 aliphatic carbocycles. The van der Waals surface area contributed by atoms with Gasteiger partial charge in [-0.2, -0.15) is 13.2 Å². The molecule has 0 aromatic rings. The molecule has 0 spiro atoms. The minimum atomic E-state index is -4.90. The van der Waals surface area contributed by atoms with Crippen molar-refractivity contribution in [2.75, 3.05) is 14.1 Å². The summed E-state index contributed by atoms with van der Waals surface area (Å²) in [5.74, 6) is 0. The van der Waals surface area contributed by atoms with Crippen LogP contribution in [0.2, 0.25) is 0 Å². The van der Waals surface area contributed by atoms with Crippen molar-refractivity contribution < 1.29 is 32.0 Å². The van der Waals surface area contributed by atoms with Gasteiger partial charge in [0.15, 0.2) is 0 Å². The van der Waals surface area contributed by atoms with Gasteiger partial charge in [-0.05, 0) is 0 Å². The molecule has 0 heterocycles. The maximum Gasteiger partial charge on any atom is 0.447 e. The first-order chi connectivity index (χ1) is 8.05. The molecule has 6 nitrogen and oxygen atoms in total. The highest BCUT2D eigenvalue weighted by atomic mass is 32.2. The Morgan fingerprint density at radius 1 is 1.28 bits per heavy atom. The first-order valence-electron chi connectivity index (χ1n) is 3.94. The van der Waals surface area contributed by atoms with E-state index in [1.807, 2.05) is 0 Å². The minimum absolute atomic E-state index is 0.258. The quantitative estimate of drug-likeness (QED) is 0.0919. The molecule has 0 aliphatic heterocycles. The second kappa shape index (κ2) is 6.58. The van der Waals surface area contributed by atoms with Gasteiger partial charge in [0.2, 0.25) is 0 Å². The molecule has 0 atom stereocenters. The summed E-state index contributed by atoms with van der Waals surface area (Å²) in [6.45, 7) is 0. The van der Waals surface area contributed by atoms with E-state index in [1.165, 1.54) is 0 Å². The van der Waals surface area contributed by atoms with Crippen LogP contribution < -0.4 is 0 Å². The molecule has 12 heteroatoms. The maximum atomic E-state index is 12.1. The van der Waals surface area contributed by atoms with Gasteiger partial charge in [0.1, 0.15) is 0 Å². The number of nitrogens with zero attached hydrogens (tertiary/aromatic N) is 3. The standard InChI is InChI=1S/C6H7F4N3O3S2/c1-12(4(7)14)18-13(2)5(15)16-11-3(17)6(8,9)10/h1-2H3,(H,11,17)/p-1. The third kappa shape index (κ3) is 5.86. The Labute approximate surface area is 109 Å². The lowest BCUT2D eigenvalue weighted by Crippen LogP contribution is -2.27. The summed E-state index contributed by atoms with van der Waals surface area (Å²) in [5, 5.41) is 0.599. The number of carbonyl (C=O) groups is 2. The molecule has 0 rings (SSSR count). The zero-order valence-corrected chi connectivity index (χ0v) is 10.5. The molecular formula is C6H6F4N3O3S2-. The van der Waals surface area contributed by atoms with Crippen LogP contribution in [0, 0.1) is 0 Å².